The van der Waals surface area contributed by atoms with Crippen molar-refractivity contribution in [1.29, 1.82) is 0 Å². The molecule has 3 rings (SSSR count). The maximum absolute atomic E-state index is 12.2. The Hall–Kier alpha value is -2.77. The molecule has 8 nitrogen and oxygen atoms in total. The van der Waals surface area contributed by atoms with Crippen LogP contribution in [-0.2, 0) is 9.59 Å². The first-order chi connectivity index (χ1) is 12.8. The fraction of sp³-hybridized carbons (Fsp3) is 0.526. The van der Waals surface area contributed by atoms with Crippen LogP contribution in [0.1, 0.15) is 29.6 Å². The Morgan fingerprint density at radius 2 is 1.96 bits per heavy atom. The third-order valence-electron chi connectivity index (χ3n) is 4.78. The predicted molar refractivity (Wildman–Crippen MR) is 101 cm³/mol. The number of amides is 3. The van der Waals surface area contributed by atoms with Gasteiger partial charge in [-0.2, -0.15) is 0 Å². The molecule has 1 saturated carbocycles. The molecule has 0 aromatic heterocycles. The van der Waals surface area contributed by atoms with E-state index in [1.165, 1.54) is 4.90 Å². The zero-order valence-electron chi connectivity index (χ0n) is 15.9. The number of likely N-dealkylation sites (N-methyl/N-ethyl adjacent to an activating group) is 1. The molecule has 1 aromatic rings. The van der Waals surface area contributed by atoms with E-state index in [0.717, 1.165) is 18.5 Å². The lowest BCUT2D eigenvalue weighted by atomic mass is 10.1. The van der Waals surface area contributed by atoms with Gasteiger partial charge in [-0.15, -0.1) is 0 Å². The molecule has 0 unspecified atom stereocenters. The number of hydrogen-bond donors (Lipinski definition) is 2. The van der Waals surface area contributed by atoms with Gasteiger partial charge in [0, 0.05) is 32.7 Å². The van der Waals surface area contributed by atoms with Gasteiger partial charge in [0.15, 0.2) is 0 Å². The molecule has 0 radical (unpaired) electrons. The van der Waals surface area contributed by atoms with Crippen LogP contribution in [0.3, 0.4) is 0 Å². The number of hydrogen-bond acceptors (Lipinski definition) is 5. The predicted octanol–water partition coefficient (Wildman–Crippen LogP) is 0.371. The number of rotatable bonds is 6. The molecule has 0 saturated heterocycles. The van der Waals surface area contributed by atoms with Crippen molar-refractivity contribution in [3.8, 4) is 5.75 Å². The van der Waals surface area contributed by atoms with E-state index in [2.05, 4.69) is 10.6 Å². The summed E-state index contributed by atoms with van der Waals surface area (Å²) in [5.41, 5.74) is 1.34. The van der Waals surface area contributed by atoms with Gasteiger partial charge in [0.2, 0.25) is 11.8 Å². The van der Waals surface area contributed by atoms with Gasteiger partial charge in [-0.3, -0.25) is 14.4 Å². The number of ether oxygens (including phenoxy) is 1. The van der Waals surface area contributed by atoms with Crippen LogP contribution in [0.25, 0.3) is 0 Å². The zero-order valence-corrected chi connectivity index (χ0v) is 15.9. The van der Waals surface area contributed by atoms with Gasteiger partial charge in [-0.1, -0.05) is 0 Å². The summed E-state index contributed by atoms with van der Waals surface area (Å²) in [6, 6.07) is 5.41. The first kappa shape index (κ1) is 19.0. The summed E-state index contributed by atoms with van der Waals surface area (Å²) in [5.74, 6) is 0.239. The van der Waals surface area contributed by atoms with Crippen molar-refractivity contribution in [2.45, 2.75) is 31.3 Å². The third-order valence-corrected chi connectivity index (χ3v) is 4.78. The molecular weight excluding hydrogens is 348 g/mol. The number of carbonyl (C=O) groups is 3. The monoisotopic (exact) mass is 374 g/mol. The lowest BCUT2D eigenvalue weighted by Gasteiger charge is -2.35. The van der Waals surface area contributed by atoms with Gasteiger partial charge in [0.25, 0.3) is 5.91 Å². The minimum atomic E-state index is -0.203. The second kappa shape index (κ2) is 7.85. The Kier molecular flexibility index (Phi) is 5.53. The van der Waals surface area contributed by atoms with E-state index in [-0.39, 0.29) is 42.8 Å². The van der Waals surface area contributed by atoms with Gasteiger partial charge in [-0.05, 0) is 31.0 Å². The number of nitrogens with one attached hydrogen (secondary N) is 2. The van der Waals surface area contributed by atoms with E-state index in [9.17, 15) is 14.4 Å². The first-order valence-electron chi connectivity index (χ1n) is 9.12. The normalized spacial score (nSPS) is 18.2. The van der Waals surface area contributed by atoms with E-state index in [0.29, 0.717) is 17.9 Å². The molecule has 0 bridgehead atoms. The third kappa shape index (κ3) is 4.69. The summed E-state index contributed by atoms with van der Waals surface area (Å²) >= 11 is 0. The Morgan fingerprint density at radius 3 is 2.63 bits per heavy atom. The van der Waals surface area contributed by atoms with E-state index in [4.69, 9.17) is 4.74 Å². The van der Waals surface area contributed by atoms with E-state index in [1.807, 2.05) is 11.9 Å². The average Bonchev–Trinajstić information content (AvgIpc) is 3.45. The second-order valence-electron chi connectivity index (χ2n) is 7.28. The highest BCUT2D eigenvalue weighted by Crippen LogP contribution is 2.34. The van der Waals surface area contributed by atoms with Crippen molar-refractivity contribution in [3.63, 3.8) is 0 Å². The summed E-state index contributed by atoms with van der Waals surface area (Å²) in [6.07, 6.45) is 2.24. The van der Waals surface area contributed by atoms with Crippen LogP contribution in [0.15, 0.2) is 18.2 Å². The minimum absolute atomic E-state index is 0.00923. The Balaban J connectivity index is 1.58. The van der Waals surface area contributed by atoms with Gasteiger partial charge < -0.3 is 25.2 Å². The number of anilines is 1. The Morgan fingerprint density at radius 1 is 1.22 bits per heavy atom. The first-order valence-corrected chi connectivity index (χ1v) is 9.12. The van der Waals surface area contributed by atoms with Crippen LogP contribution in [0.2, 0.25) is 0 Å². The topological polar surface area (TPSA) is 91.0 Å². The highest BCUT2D eigenvalue weighted by molar-refractivity contribution is 5.95. The molecule has 1 heterocycles. The van der Waals surface area contributed by atoms with Crippen molar-refractivity contribution >= 4 is 23.4 Å². The van der Waals surface area contributed by atoms with Crippen molar-refractivity contribution in [3.05, 3.63) is 23.8 Å². The Labute approximate surface area is 158 Å². The number of nitrogens with zero attached hydrogens (tertiary/aromatic N) is 2. The highest BCUT2D eigenvalue weighted by atomic mass is 16.5. The van der Waals surface area contributed by atoms with Crippen LogP contribution in [0.5, 0.6) is 5.75 Å². The van der Waals surface area contributed by atoms with Gasteiger partial charge >= 0.3 is 0 Å². The molecule has 27 heavy (non-hydrogen) atoms. The van der Waals surface area contributed by atoms with E-state index in [1.54, 1.807) is 32.3 Å². The quantitative estimate of drug-likeness (QED) is 0.751. The molecule has 8 heteroatoms. The number of fused-ring (bicyclic) bond motifs is 1. The second-order valence-corrected chi connectivity index (χ2v) is 7.28. The molecule has 2 N–H and O–H groups in total. The standard InChI is InChI=1S/C19H26N4O4/c1-22(2)19(26)12-4-7-16-15(8-12)23(3)14(11-27-16)9-17(24)20-10-18(25)21-13-5-6-13/h4,7-8,13-14H,5-6,9-11H2,1-3H3,(H,20,24)(H,21,25)/t14-/m0/s1. The molecule has 2 aliphatic rings. The van der Waals surface area contributed by atoms with Crippen LogP contribution < -0.4 is 20.3 Å². The maximum Gasteiger partial charge on any atom is 0.253 e. The molecule has 1 fully saturated rings. The van der Waals surface area contributed by atoms with Gasteiger partial charge in [-0.25, -0.2) is 0 Å². The summed E-state index contributed by atoms with van der Waals surface area (Å²) in [5, 5.41) is 5.49. The molecule has 1 atom stereocenters. The van der Waals surface area contributed by atoms with Crippen molar-refractivity contribution in [1.82, 2.24) is 15.5 Å². The molecule has 146 valence electrons. The lowest BCUT2D eigenvalue weighted by molar-refractivity contribution is -0.126. The SMILES string of the molecule is CN(C)C(=O)c1ccc2c(c1)N(C)[C@@H](CC(=O)NCC(=O)NC1CC1)CO2. The van der Waals surface area contributed by atoms with Crippen molar-refractivity contribution in [2.24, 2.45) is 0 Å². The molecule has 0 spiro atoms. The van der Waals surface area contributed by atoms with Crippen LogP contribution in [0.4, 0.5) is 5.69 Å². The molecule has 1 aliphatic carbocycles. The fourth-order valence-electron chi connectivity index (χ4n) is 2.97. The summed E-state index contributed by atoms with van der Waals surface area (Å²) in [4.78, 5) is 39.5. The van der Waals surface area contributed by atoms with E-state index >= 15 is 0 Å². The average molecular weight is 374 g/mol. The van der Waals surface area contributed by atoms with Gasteiger partial charge in [0.1, 0.15) is 12.4 Å². The minimum Gasteiger partial charge on any atom is -0.489 e. The van der Waals surface area contributed by atoms with Crippen molar-refractivity contribution < 1.29 is 19.1 Å². The number of benzene rings is 1. The van der Waals surface area contributed by atoms with E-state index < -0.39 is 0 Å². The summed E-state index contributed by atoms with van der Waals surface area (Å²) < 4.78 is 5.76. The largest absolute Gasteiger partial charge is 0.489 e. The lowest BCUT2D eigenvalue weighted by Crippen LogP contribution is -2.45. The molecular formula is C19H26N4O4. The van der Waals surface area contributed by atoms with Crippen LogP contribution in [-0.4, -0.2) is 69.0 Å². The Bertz CT molecular complexity index is 745. The van der Waals surface area contributed by atoms with Crippen LogP contribution in [0, 0.1) is 0 Å². The summed E-state index contributed by atoms with van der Waals surface area (Å²) in [7, 11) is 5.28. The van der Waals surface area contributed by atoms with Crippen LogP contribution >= 0.6 is 0 Å². The smallest absolute Gasteiger partial charge is 0.253 e. The molecule has 3 amide bonds. The fourth-order valence-corrected chi connectivity index (χ4v) is 2.97. The highest BCUT2D eigenvalue weighted by Gasteiger charge is 2.28. The number of carbonyl (C=O) groups excluding carboxylic acids is 3. The van der Waals surface area contributed by atoms with Crippen molar-refractivity contribution in [2.75, 3.05) is 39.2 Å². The maximum atomic E-state index is 12.2. The zero-order chi connectivity index (χ0) is 19.6. The van der Waals surface area contributed by atoms with Gasteiger partial charge in [0.05, 0.1) is 24.7 Å². The molecule has 1 aliphatic heterocycles. The molecule has 1 aromatic carbocycles. The summed E-state index contributed by atoms with van der Waals surface area (Å²) in [6.45, 7) is 0.358.